The second-order valence-corrected chi connectivity index (χ2v) is 16.2. The van der Waals surface area contributed by atoms with Gasteiger partial charge in [-0.25, -0.2) is 9.59 Å². The number of nitrogens with two attached hydrogens (primary N) is 2. The molecule has 0 radical (unpaired) electrons. The van der Waals surface area contributed by atoms with E-state index < -0.39 is 11.9 Å². The molecule has 0 aliphatic carbocycles. The molecule has 2 aromatic heterocycles. The lowest BCUT2D eigenvalue weighted by molar-refractivity contribution is -0.169. The molecule has 4 rings (SSSR count). The molecule has 8 heteroatoms. The summed E-state index contributed by atoms with van der Waals surface area (Å²) in [5.41, 5.74) is 15.8. The van der Waals surface area contributed by atoms with Crippen molar-refractivity contribution >= 4 is 34.6 Å². The van der Waals surface area contributed by atoms with E-state index in [-0.39, 0.29) is 37.1 Å². The molecule has 4 atom stereocenters. The van der Waals surface area contributed by atoms with E-state index in [0.717, 1.165) is 35.4 Å². The number of thiophene rings is 2. The minimum atomic E-state index is -0.959. The maximum Gasteiger partial charge on any atom is 0.417 e. The Morgan fingerprint density at radius 2 is 0.920 bits per heavy atom. The minimum Gasteiger partial charge on any atom is -0.457 e. The van der Waals surface area contributed by atoms with E-state index in [0.29, 0.717) is 12.8 Å². The highest BCUT2D eigenvalue weighted by molar-refractivity contribution is 7.12. The number of hydrogen-bond acceptors (Lipinski definition) is 8. The second-order valence-electron chi connectivity index (χ2n) is 13.8. The second kappa shape index (κ2) is 21.8. The van der Waals surface area contributed by atoms with Crippen LogP contribution in [-0.4, -0.2) is 25.2 Å². The van der Waals surface area contributed by atoms with Gasteiger partial charge < -0.3 is 20.9 Å². The first-order valence-electron chi connectivity index (χ1n) is 18.4. The Hall–Kier alpha value is -3.30. The molecule has 0 saturated heterocycles. The Labute approximate surface area is 307 Å². The van der Waals surface area contributed by atoms with Gasteiger partial charge in [0.15, 0.2) is 0 Å². The van der Waals surface area contributed by atoms with Crippen molar-refractivity contribution in [2.45, 2.75) is 103 Å². The molecule has 0 spiro atoms. The molecule has 2 unspecified atom stereocenters. The van der Waals surface area contributed by atoms with Crippen molar-refractivity contribution in [1.82, 2.24) is 0 Å². The Balaban J connectivity index is 1.04. The van der Waals surface area contributed by atoms with Gasteiger partial charge in [0.25, 0.3) is 0 Å². The summed E-state index contributed by atoms with van der Waals surface area (Å²) in [5.74, 6) is -1.90. The number of aryl methyl sites for hydroxylation is 4. The van der Waals surface area contributed by atoms with Crippen LogP contribution in [0.25, 0.3) is 0 Å². The highest BCUT2D eigenvalue weighted by Gasteiger charge is 2.22. The Kier molecular flexibility index (Phi) is 17.2. The van der Waals surface area contributed by atoms with Gasteiger partial charge in [0.05, 0.1) is 13.2 Å². The van der Waals surface area contributed by atoms with Gasteiger partial charge in [-0.15, -0.1) is 22.7 Å². The van der Waals surface area contributed by atoms with Crippen molar-refractivity contribution in [3.05, 3.63) is 116 Å². The first-order chi connectivity index (χ1) is 24.3. The molecule has 0 aliphatic heterocycles. The molecule has 0 fully saturated rings. The van der Waals surface area contributed by atoms with Crippen LogP contribution in [0.4, 0.5) is 0 Å². The number of rotatable bonds is 22. The SMILES string of the molecule is C[C@@H](COC(=O)C(=O)OC[C@H](C)CC(N)c1ccc(CCCCCc2ccccc2)s1)CC(N)c1ccc(CCCCCc2ccccc2)s1. The fraction of sp³-hybridized carbons (Fsp3) is 0.476. The third-order valence-corrected chi connectivity index (χ3v) is 11.6. The van der Waals surface area contributed by atoms with Crippen molar-refractivity contribution < 1.29 is 19.1 Å². The molecule has 0 saturated carbocycles. The standard InChI is InChI=1S/C42H56N2O4S2/c1-31(27-37(43)39-25-23-35(49-39)21-13-5-11-19-33-15-7-3-8-16-33)29-47-41(45)42(46)48-30-32(2)28-38(44)40-26-24-36(50-40)22-14-6-12-20-34-17-9-4-10-18-34/h3-4,7-10,15-18,23-26,31-32,37-38H,5-6,11-14,19-22,27-30,43-44H2,1-2H3/t31-,32-,37?,38?/m1/s1. The predicted octanol–water partition coefficient (Wildman–Crippen LogP) is 9.56. The fourth-order valence-electron chi connectivity index (χ4n) is 6.15. The fourth-order valence-corrected chi connectivity index (χ4v) is 8.28. The lowest BCUT2D eigenvalue weighted by Gasteiger charge is -2.17. The third kappa shape index (κ3) is 14.5. The van der Waals surface area contributed by atoms with E-state index in [1.165, 1.54) is 59.4 Å². The van der Waals surface area contributed by atoms with E-state index in [9.17, 15) is 9.59 Å². The van der Waals surface area contributed by atoms with Gasteiger partial charge in [-0.1, -0.05) is 87.4 Å². The summed E-state index contributed by atoms with van der Waals surface area (Å²) in [6, 6.07) is 29.6. The van der Waals surface area contributed by atoms with E-state index in [4.69, 9.17) is 20.9 Å². The maximum absolute atomic E-state index is 12.3. The topological polar surface area (TPSA) is 105 Å². The summed E-state index contributed by atoms with van der Waals surface area (Å²) in [5, 5.41) is 0. The van der Waals surface area contributed by atoms with Crippen LogP contribution >= 0.6 is 22.7 Å². The average Bonchev–Trinajstić information content (AvgIpc) is 3.81. The van der Waals surface area contributed by atoms with E-state index >= 15 is 0 Å². The zero-order valence-electron chi connectivity index (χ0n) is 29.9. The largest absolute Gasteiger partial charge is 0.457 e. The Morgan fingerprint density at radius 1 is 0.540 bits per heavy atom. The summed E-state index contributed by atoms with van der Waals surface area (Å²) in [6.45, 7) is 4.20. The molecular weight excluding hydrogens is 661 g/mol. The zero-order chi connectivity index (χ0) is 35.6. The monoisotopic (exact) mass is 716 g/mol. The molecule has 4 aromatic rings. The predicted molar refractivity (Wildman–Crippen MR) is 207 cm³/mol. The van der Waals surface area contributed by atoms with Crippen LogP contribution in [0, 0.1) is 11.8 Å². The highest BCUT2D eigenvalue weighted by Crippen LogP contribution is 2.29. The molecule has 0 aliphatic rings. The van der Waals surface area contributed by atoms with Crippen LogP contribution in [0.1, 0.15) is 108 Å². The molecule has 0 bridgehead atoms. The summed E-state index contributed by atoms with van der Waals surface area (Å²) in [4.78, 5) is 29.7. The van der Waals surface area contributed by atoms with Crippen LogP contribution in [0.2, 0.25) is 0 Å². The van der Waals surface area contributed by atoms with Crippen molar-refractivity contribution in [1.29, 1.82) is 0 Å². The van der Waals surface area contributed by atoms with Gasteiger partial charge in [0.2, 0.25) is 0 Å². The lowest BCUT2D eigenvalue weighted by Crippen LogP contribution is -2.26. The van der Waals surface area contributed by atoms with Crippen molar-refractivity contribution in [3.8, 4) is 0 Å². The zero-order valence-corrected chi connectivity index (χ0v) is 31.5. The maximum atomic E-state index is 12.3. The highest BCUT2D eigenvalue weighted by atomic mass is 32.1. The average molecular weight is 717 g/mol. The van der Waals surface area contributed by atoms with Crippen molar-refractivity contribution in [3.63, 3.8) is 0 Å². The third-order valence-electron chi connectivity index (χ3n) is 9.04. The molecular formula is C42H56N2O4S2. The molecule has 0 amide bonds. The molecule has 2 heterocycles. The van der Waals surface area contributed by atoms with Gasteiger partial charge in [0.1, 0.15) is 0 Å². The summed E-state index contributed by atoms with van der Waals surface area (Å²) in [6.07, 6.45) is 12.9. The molecule has 50 heavy (non-hydrogen) atoms. The Morgan fingerprint density at radius 3 is 1.32 bits per heavy atom. The number of unbranched alkanes of at least 4 members (excludes halogenated alkanes) is 4. The van der Waals surface area contributed by atoms with Crippen molar-refractivity contribution in [2.75, 3.05) is 13.2 Å². The van der Waals surface area contributed by atoms with Crippen LogP contribution in [0.5, 0.6) is 0 Å². The van der Waals surface area contributed by atoms with Gasteiger partial charge in [-0.3, -0.25) is 0 Å². The molecule has 270 valence electrons. The van der Waals surface area contributed by atoms with Gasteiger partial charge in [-0.2, -0.15) is 0 Å². The number of carbonyl (C=O) groups excluding carboxylic acids is 2. The number of esters is 2. The van der Waals surface area contributed by atoms with Crippen LogP contribution < -0.4 is 11.5 Å². The molecule has 2 aromatic carbocycles. The van der Waals surface area contributed by atoms with Crippen LogP contribution in [0.15, 0.2) is 84.9 Å². The number of benzene rings is 2. The van der Waals surface area contributed by atoms with Gasteiger partial charge in [-0.05, 0) is 111 Å². The molecule has 4 N–H and O–H groups in total. The van der Waals surface area contributed by atoms with Crippen LogP contribution in [0.3, 0.4) is 0 Å². The van der Waals surface area contributed by atoms with E-state index in [2.05, 4.69) is 84.9 Å². The number of ether oxygens (including phenoxy) is 2. The van der Waals surface area contributed by atoms with E-state index in [1.807, 2.05) is 13.8 Å². The first-order valence-corrected chi connectivity index (χ1v) is 20.0. The van der Waals surface area contributed by atoms with Gasteiger partial charge in [0, 0.05) is 31.6 Å². The summed E-state index contributed by atoms with van der Waals surface area (Å²) in [7, 11) is 0. The first kappa shape index (κ1) is 39.5. The summed E-state index contributed by atoms with van der Waals surface area (Å²) >= 11 is 3.54. The lowest BCUT2D eigenvalue weighted by atomic mass is 10.0. The molecule has 6 nitrogen and oxygen atoms in total. The van der Waals surface area contributed by atoms with E-state index in [1.54, 1.807) is 22.7 Å². The minimum absolute atomic E-state index is 0.00665. The number of carbonyl (C=O) groups is 2. The Bertz CT molecular complexity index is 1420. The van der Waals surface area contributed by atoms with Gasteiger partial charge >= 0.3 is 11.9 Å². The quantitative estimate of drug-likeness (QED) is 0.0477. The van der Waals surface area contributed by atoms with Crippen molar-refractivity contribution in [2.24, 2.45) is 23.3 Å². The van der Waals surface area contributed by atoms with Crippen LogP contribution in [-0.2, 0) is 44.7 Å². The smallest absolute Gasteiger partial charge is 0.417 e. The summed E-state index contributed by atoms with van der Waals surface area (Å²) < 4.78 is 10.6. The normalized spacial score (nSPS) is 13.8. The number of hydrogen-bond donors (Lipinski definition) is 2.